The van der Waals surface area contributed by atoms with Crippen LogP contribution in [0.15, 0.2) is 12.4 Å². The summed E-state index contributed by atoms with van der Waals surface area (Å²) in [5, 5.41) is 16.4. The average Bonchev–Trinajstić information content (AvgIpc) is 2.46. The van der Waals surface area contributed by atoms with Crippen LogP contribution in [-0.4, -0.2) is 33.8 Å². The Morgan fingerprint density at radius 3 is 2.63 bits per heavy atom. The maximum atomic E-state index is 9.69. The van der Waals surface area contributed by atoms with E-state index in [0.717, 1.165) is 37.4 Å². The van der Waals surface area contributed by atoms with E-state index >= 15 is 0 Å². The van der Waals surface area contributed by atoms with Crippen LogP contribution in [0.25, 0.3) is 0 Å². The second-order valence-electron chi connectivity index (χ2n) is 5.34. The summed E-state index contributed by atoms with van der Waals surface area (Å²) in [7, 11) is 0. The third-order valence-electron chi connectivity index (χ3n) is 3.73. The molecular weight excluding hydrogens is 240 g/mol. The van der Waals surface area contributed by atoms with Gasteiger partial charge in [0.2, 0.25) is 0 Å². The lowest BCUT2D eigenvalue weighted by Gasteiger charge is -2.36. The van der Waals surface area contributed by atoms with E-state index in [-0.39, 0.29) is 12.1 Å². The second kappa shape index (κ2) is 6.70. The largest absolute Gasteiger partial charge is 0.394 e. The standard InChI is InChI=1S/C14H24N4O/c1-2-8-15-12-9-13(17-11-16-12)18-14(10-19)6-4-3-5-7-14/h9,11,19H,2-8,10H2,1H3,(H2,15,16,17,18). The van der Waals surface area contributed by atoms with E-state index in [0.29, 0.717) is 0 Å². The van der Waals surface area contributed by atoms with Crippen LogP contribution < -0.4 is 10.6 Å². The molecule has 19 heavy (non-hydrogen) atoms. The van der Waals surface area contributed by atoms with Crippen molar-refractivity contribution < 1.29 is 5.11 Å². The summed E-state index contributed by atoms with van der Waals surface area (Å²) in [4.78, 5) is 8.46. The Balaban J connectivity index is 2.04. The van der Waals surface area contributed by atoms with E-state index < -0.39 is 0 Å². The number of aliphatic hydroxyl groups is 1. The summed E-state index contributed by atoms with van der Waals surface area (Å²) >= 11 is 0. The molecule has 2 rings (SSSR count). The minimum atomic E-state index is -0.200. The molecule has 0 spiro atoms. The molecule has 3 N–H and O–H groups in total. The molecule has 1 fully saturated rings. The third kappa shape index (κ3) is 3.80. The van der Waals surface area contributed by atoms with Crippen molar-refractivity contribution in [3.63, 3.8) is 0 Å². The highest BCUT2D eigenvalue weighted by molar-refractivity contribution is 5.48. The Kier molecular flexibility index (Phi) is 4.96. The molecule has 5 heteroatoms. The molecule has 1 saturated carbocycles. The number of aromatic nitrogens is 2. The minimum absolute atomic E-state index is 0.161. The molecule has 0 aliphatic heterocycles. The van der Waals surface area contributed by atoms with Gasteiger partial charge < -0.3 is 15.7 Å². The van der Waals surface area contributed by atoms with Gasteiger partial charge in [0.1, 0.15) is 18.0 Å². The molecule has 1 heterocycles. The Labute approximate surface area is 114 Å². The zero-order valence-electron chi connectivity index (χ0n) is 11.7. The first-order valence-corrected chi connectivity index (χ1v) is 7.23. The summed E-state index contributed by atoms with van der Waals surface area (Å²) in [6.45, 7) is 3.19. The number of hydrogen-bond donors (Lipinski definition) is 3. The van der Waals surface area contributed by atoms with Gasteiger partial charge in [0.15, 0.2) is 0 Å². The van der Waals surface area contributed by atoms with Crippen LogP contribution in [0.3, 0.4) is 0 Å². The molecule has 0 amide bonds. The highest BCUT2D eigenvalue weighted by atomic mass is 16.3. The topological polar surface area (TPSA) is 70.1 Å². The average molecular weight is 264 g/mol. The van der Waals surface area contributed by atoms with Crippen molar-refractivity contribution >= 4 is 11.6 Å². The fourth-order valence-corrected chi connectivity index (χ4v) is 2.60. The van der Waals surface area contributed by atoms with Gasteiger partial charge in [-0.25, -0.2) is 9.97 Å². The van der Waals surface area contributed by atoms with Gasteiger partial charge in [-0.2, -0.15) is 0 Å². The van der Waals surface area contributed by atoms with Gasteiger partial charge in [0.05, 0.1) is 12.1 Å². The van der Waals surface area contributed by atoms with E-state index in [1.807, 2.05) is 6.07 Å². The van der Waals surface area contributed by atoms with Crippen molar-refractivity contribution in [2.75, 3.05) is 23.8 Å². The fourth-order valence-electron chi connectivity index (χ4n) is 2.60. The van der Waals surface area contributed by atoms with Crippen LogP contribution in [0.1, 0.15) is 45.4 Å². The predicted molar refractivity (Wildman–Crippen MR) is 77.3 cm³/mol. The number of nitrogens with zero attached hydrogens (tertiary/aromatic N) is 2. The molecule has 0 radical (unpaired) electrons. The first kappa shape index (κ1) is 14.1. The van der Waals surface area contributed by atoms with E-state index in [1.54, 1.807) is 6.33 Å². The highest BCUT2D eigenvalue weighted by Crippen LogP contribution is 2.31. The summed E-state index contributed by atoms with van der Waals surface area (Å²) in [5.41, 5.74) is -0.200. The minimum Gasteiger partial charge on any atom is -0.394 e. The van der Waals surface area contributed by atoms with Crippen LogP contribution in [0.4, 0.5) is 11.6 Å². The van der Waals surface area contributed by atoms with Crippen molar-refractivity contribution in [1.82, 2.24) is 9.97 Å². The number of nitrogens with one attached hydrogen (secondary N) is 2. The number of hydrogen-bond acceptors (Lipinski definition) is 5. The Morgan fingerprint density at radius 1 is 1.21 bits per heavy atom. The van der Waals surface area contributed by atoms with E-state index in [2.05, 4.69) is 27.5 Å². The first-order chi connectivity index (χ1) is 9.28. The lowest BCUT2D eigenvalue weighted by molar-refractivity contribution is 0.172. The number of aliphatic hydroxyl groups excluding tert-OH is 1. The van der Waals surface area contributed by atoms with Gasteiger partial charge in [0, 0.05) is 12.6 Å². The van der Waals surface area contributed by atoms with Crippen LogP contribution in [0.5, 0.6) is 0 Å². The lowest BCUT2D eigenvalue weighted by atomic mass is 9.82. The normalized spacial score (nSPS) is 18.0. The van der Waals surface area contributed by atoms with Crippen LogP contribution >= 0.6 is 0 Å². The summed E-state index contributed by atoms with van der Waals surface area (Å²) in [6.07, 6.45) is 8.23. The smallest absolute Gasteiger partial charge is 0.131 e. The van der Waals surface area contributed by atoms with Gasteiger partial charge in [-0.3, -0.25) is 0 Å². The van der Waals surface area contributed by atoms with E-state index in [4.69, 9.17) is 0 Å². The van der Waals surface area contributed by atoms with Gasteiger partial charge in [-0.1, -0.05) is 26.2 Å². The zero-order valence-corrected chi connectivity index (χ0v) is 11.7. The monoisotopic (exact) mass is 264 g/mol. The van der Waals surface area contributed by atoms with Crippen LogP contribution in [-0.2, 0) is 0 Å². The van der Waals surface area contributed by atoms with Crippen LogP contribution in [0, 0.1) is 0 Å². The summed E-state index contributed by atoms with van der Waals surface area (Å²) in [6, 6.07) is 1.92. The van der Waals surface area contributed by atoms with Gasteiger partial charge >= 0.3 is 0 Å². The molecule has 1 aromatic rings. The number of rotatable bonds is 6. The molecule has 0 unspecified atom stereocenters. The molecule has 0 saturated heterocycles. The maximum Gasteiger partial charge on any atom is 0.131 e. The fraction of sp³-hybridized carbons (Fsp3) is 0.714. The summed E-state index contributed by atoms with van der Waals surface area (Å²) in [5.74, 6) is 1.63. The molecule has 1 aliphatic carbocycles. The van der Waals surface area contributed by atoms with Crippen molar-refractivity contribution in [3.8, 4) is 0 Å². The SMILES string of the molecule is CCCNc1cc(NC2(CO)CCCCC2)ncn1. The van der Waals surface area contributed by atoms with Gasteiger partial charge in [-0.15, -0.1) is 0 Å². The van der Waals surface area contributed by atoms with Crippen molar-refractivity contribution in [2.45, 2.75) is 51.0 Å². The molecule has 106 valence electrons. The Hall–Kier alpha value is -1.36. The number of anilines is 2. The molecule has 0 aromatic carbocycles. The van der Waals surface area contributed by atoms with Crippen molar-refractivity contribution in [3.05, 3.63) is 12.4 Å². The molecule has 0 atom stereocenters. The van der Waals surface area contributed by atoms with Crippen LogP contribution in [0.2, 0.25) is 0 Å². The third-order valence-corrected chi connectivity index (χ3v) is 3.73. The highest BCUT2D eigenvalue weighted by Gasteiger charge is 2.31. The Bertz CT molecular complexity index is 391. The van der Waals surface area contributed by atoms with E-state index in [9.17, 15) is 5.11 Å². The van der Waals surface area contributed by atoms with Gasteiger partial charge in [-0.05, 0) is 19.3 Å². The first-order valence-electron chi connectivity index (χ1n) is 7.23. The van der Waals surface area contributed by atoms with Gasteiger partial charge in [0.25, 0.3) is 0 Å². The van der Waals surface area contributed by atoms with Crippen molar-refractivity contribution in [1.29, 1.82) is 0 Å². The Morgan fingerprint density at radius 2 is 1.95 bits per heavy atom. The van der Waals surface area contributed by atoms with E-state index in [1.165, 1.54) is 19.3 Å². The molecule has 0 bridgehead atoms. The second-order valence-corrected chi connectivity index (χ2v) is 5.34. The lowest BCUT2D eigenvalue weighted by Crippen LogP contribution is -2.44. The molecule has 1 aromatic heterocycles. The molecule has 1 aliphatic rings. The molecule has 5 nitrogen and oxygen atoms in total. The molecular formula is C14H24N4O. The predicted octanol–water partition coefficient (Wildman–Crippen LogP) is 2.41. The zero-order chi connectivity index (χ0) is 13.6. The maximum absolute atomic E-state index is 9.69. The summed E-state index contributed by atoms with van der Waals surface area (Å²) < 4.78 is 0. The van der Waals surface area contributed by atoms with Crippen molar-refractivity contribution in [2.24, 2.45) is 0 Å². The quantitative estimate of drug-likeness (QED) is 0.736.